The quantitative estimate of drug-likeness (QED) is 0.811. The summed E-state index contributed by atoms with van der Waals surface area (Å²) in [5.41, 5.74) is 0.568. The number of nitrogens with one attached hydrogen (secondary N) is 2. The Hall–Kier alpha value is -3.16. The number of hydrogen-bond acceptors (Lipinski definition) is 5. The molecule has 2 aliphatic heterocycles. The van der Waals surface area contributed by atoms with Crippen LogP contribution in [0.15, 0.2) is 45.1 Å². The van der Waals surface area contributed by atoms with Crippen LogP contribution in [0, 0.1) is 5.82 Å². The van der Waals surface area contributed by atoms with Crippen LogP contribution in [-0.4, -0.2) is 22.1 Å². The van der Waals surface area contributed by atoms with Gasteiger partial charge >= 0.3 is 11.7 Å². The van der Waals surface area contributed by atoms with Crippen molar-refractivity contribution in [2.75, 3.05) is 11.9 Å². The highest BCUT2D eigenvalue weighted by Crippen LogP contribution is 2.42. The van der Waals surface area contributed by atoms with Gasteiger partial charge in [0.1, 0.15) is 18.2 Å². The number of rotatable bonds is 3. The van der Waals surface area contributed by atoms with E-state index >= 15 is 0 Å². The van der Waals surface area contributed by atoms with Crippen LogP contribution in [0.1, 0.15) is 30.4 Å². The van der Waals surface area contributed by atoms with Gasteiger partial charge in [0.2, 0.25) is 0 Å². The standard InChI is InChI=1S/C18H16FN3O4/c1-2-7-22-15-14(16(23)21-18(22)25)12(9-3-5-10(19)6-4-9)13-11(20-15)8-26-17(13)24/h3-6,12,20H,2,7-8H2,1H3,(H,21,23,25). The second kappa shape index (κ2) is 5.98. The summed E-state index contributed by atoms with van der Waals surface area (Å²) in [6.07, 6.45) is 0.683. The molecule has 0 radical (unpaired) electrons. The fourth-order valence-electron chi connectivity index (χ4n) is 3.51. The van der Waals surface area contributed by atoms with Crippen molar-refractivity contribution in [3.63, 3.8) is 0 Å². The number of nitrogens with zero attached hydrogens (tertiary/aromatic N) is 1. The van der Waals surface area contributed by atoms with Gasteiger partial charge in [-0.3, -0.25) is 14.3 Å². The minimum Gasteiger partial charge on any atom is -0.456 e. The summed E-state index contributed by atoms with van der Waals surface area (Å²) < 4.78 is 19.9. The molecule has 1 aromatic carbocycles. The van der Waals surface area contributed by atoms with Crippen LogP contribution >= 0.6 is 0 Å². The number of carbonyl (C=O) groups is 1. The molecule has 0 bridgehead atoms. The molecular formula is C18H16FN3O4. The first-order valence-electron chi connectivity index (χ1n) is 8.31. The van der Waals surface area contributed by atoms with E-state index in [2.05, 4.69) is 10.3 Å². The summed E-state index contributed by atoms with van der Waals surface area (Å²) in [5, 5.41) is 3.04. The number of H-pyrrole nitrogens is 1. The highest BCUT2D eigenvalue weighted by atomic mass is 19.1. The third-order valence-corrected chi connectivity index (χ3v) is 4.63. The van der Waals surface area contributed by atoms with E-state index in [0.717, 1.165) is 0 Å². The van der Waals surface area contributed by atoms with Gasteiger partial charge in [-0.2, -0.15) is 0 Å². The first-order valence-corrected chi connectivity index (χ1v) is 8.31. The fourth-order valence-corrected chi connectivity index (χ4v) is 3.51. The minimum absolute atomic E-state index is 0.0401. The first kappa shape index (κ1) is 16.3. The van der Waals surface area contributed by atoms with Crippen LogP contribution in [0.3, 0.4) is 0 Å². The summed E-state index contributed by atoms with van der Waals surface area (Å²) in [6, 6.07) is 5.60. The topological polar surface area (TPSA) is 93.2 Å². The van der Waals surface area contributed by atoms with E-state index in [9.17, 15) is 18.8 Å². The van der Waals surface area contributed by atoms with Crippen molar-refractivity contribution >= 4 is 11.8 Å². The highest BCUT2D eigenvalue weighted by Gasteiger charge is 2.41. The summed E-state index contributed by atoms with van der Waals surface area (Å²) >= 11 is 0. The molecule has 8 heteroatoms. The Morgan fingerprint density at radius 2 is 1.96 bits per heavy atom. The Labute approximate surface area is 147 Å². The molecular weight excluding hydrogens is 341 g/mol. The van der Waals surface area contributed by atoms with Gasteiger partial charge in [0.25, 0.3) is 5.56 Å². The molecule has 3 heterocycles. The van der Waals surface area contributed by atoms with Crippen molar-refractivity contribution in [2.24, 2.45) is 0 Å². The van der Waals surface area contributed by atoms with Crippen molar-refractivity contribution in [2.45, 2.75) is 25.8 Å². The Balaban J connectivity index is 2.02. The van der Waals surface area contributed by atoms with Crippen molar-refractivity contribution in [3.05, 3.63) is 73.3 Å². The number of aromatic amines is 1. The molecule has 2 N–H and O–H groups in total. The van der Waals surface area contributed by atoms with E-state index < -0.39 is 29.0 Å². The fraction of sp³-hybridized carbons (Fsp3) is 0.278. The number of esters is 1. The smallest absolute Gasteiger partial charge is 0.337 e. The van der Waals surface area contributed by atoms with E-state index in [1.165, 1.54) is 28.8 Å². The van der Waals surface area contributed by atoms with Gasteiger partial charge < -0.3 is 10.1 Å². The van der Waals surface area contributed by atoms with Crippen LogP contribution in [0.4, 0.5) is 10.2 Å². The second-order valence-electron chi connectivity index (χ2n) is 6.25. The van der Waals surface area contributed by atoms with E-state index in [1.54, 1.807) is 0 Å². The molecule has 26 heavy (non-hydrogen) atoms. The van der Waals surface area contributed by atoms with Crippen molar-refractivity contribution in [3.8, 4) is 0 Å². The van der Waals surface area contributed by atoms with Gasteiger partial charge in [-0.25, -0.2) is 14.0 Å². The molecule has 1 unspecified atom stereocenters. The largest absolute Gasteiger partial charge is 0.456 e. The molecule has 134 valence electrons. The number of halogens is 1. The zero-order valence-electron chi connectivity index (χ0n) is 14.0. The van der Waals surface area contributed by atoms with Crippen LogP contribution in [0.5, 0.6) is 0 Å². The average molecular weight is 357 g/mol. The molecule has 7 nitrogen and oxygen atoms in total. The monoisotopic (exact) mass is 357 g/mol. The maximum absolute atomic E-state index is 13.4. The molecule has 4 rings (SSSR count). The van der Waals surface area contributed by atoms with E-state index in [1.807, 2.05) is 6.92 Å². The average Bonchev–Trinajstić information content (AvgIpc) is 2.98. The second-order valence-corrected chi connectivity index (χ2v) is 6.25. The molecule has 0 saturated heterocycles. The predicted molar refractivity (Wildman–Crippen MR) is 91.5 cm³/mol. The predicted octanol–water partition coefficient (Wildman–Crippen LogP) is 1.45. The molecule has 2 aliphatic rings. The number of carbonyl (C=O) groups excluding carboxylic acids is 1. The maximum atomic E-state index is 13.4. The van der Waals surface area contributed by atoms with Crippen molar-refractivity contribution in [1.82, 2.24) is 9.55 Å². The lowest BCUT2D eigenvalue weighted by Crippen LogP contribution is -2.38. The number of fused-ring (bicyclic) bond motifs is 1. The van der Waals surface area contributed by atoms with E-state index in [4.69, 9.17) is 4.74 Å². The van der Waals surface area contributed by atoms with Crippen molar-refractivity contribution < 1.29 is 13.9 Å². The van der Waals surface area contributed by atoms with Crippen LogP contribution in [0.2, 0.25) is 0 Å². The normalized spacial score (nSPS) is 18.2. The molecule has 2 aromatic rings. The van der Waals surface area contributed by atoms with Gasteiger partial charge in [-0.05, 0) is 24.1 Å². The zero-order chi connectivity index (χ0) is 18.4. The molecule has 1 aromatic heterocycles. The number of anilines is 1. The van der Waals surface area contributed by atoms with Crippen LogP contribution in [0.25, 0.3) is 0 Å². The molecule has 0 saturated carbocycles. The molecule has 0 amide bonds. The summed E-state index contributed by atoms with van der Waals surface area (Å²) in [5.74, 6) is -1.33. The Morgan fingerprint density at radius 1 is 1.23 bits per heavy atom. The van der Waals surface area contributed by atoms with Crippen LogP contribution < -0.4 is 16.6 Å². The van der Waals surface area contributed by atoms with Gasteiger partial charge in [-0.1, -0.05) is 19.1 Å². The van der Waals surface area contributed by atoms with E-state index in [-0.39, 0.29) is 12.2 Å². The van der Waals surface area contributed by atoms with Gasteiger partial charge in [0.05, 0.1) is 22.8 Å². The lowest BCUT2D eigenvalue weighted by atomic mass is 9.83. The van der Waals surface area contributed by atoms with E-state index in [0.29, 0.717) is 35.6 Å². The highest BCUT2D eigenvalue weighted by molar-refractivity contribution is 5.96. The lowest BCUT2D eigenvalue weighted by molar-refractivity contribution is -0.136. The van der Waals surface area contributed by atoms with Crippen molar-refractivity contribution in [1.29, 1.82) is 0 Å². The van der Waals surface area contributed by atoms with Gasteiger partial charge in [0, 0.05) is 6.54 Å². The van der Waals surface area contributed by atoms with Gasteiger partial charge in [0.15, 0.2) is 0 Å². The summed E-state index contributed by atoms with van der Waals surface area (Å²) in [6.45, 7) is 2.36. The third-order valence-electron chi connectivity index (χ3n) is 4.63. The Morgan fingerprint density at radius 3 is 2.65 bits per heavy atom. The first-order chi connectivity index (χ1) is 12.5. The third kappa shape index (κ3) is 2.37. The molecule has 0 fully saturated rings. The van der Waals surface area contributed by atoms with Crippen LogP contribution in [-0.2, 0) is 16.1 Å². The Bertz CT molecular complexity index is 1050. The summed E-state index contributed by atoms with van der Waals surface area (Å²) in [7, 11) is 0. The minimum atomic E-state index is -0.732. The number of hydrogen-bond donors (Lipinski definition) is 2. The maximum Gasteiger partial charge on any atom is 0.337 e. The lowest BCUT2D eigenvalue weighted by Gasteiger charge is -2.28. The SMILES string of the molecule is CCCn1c2c(c(=O)[nH]c1=O)C(c1ccc(F)cc1)C1=C(COC1=O)N2. The van der Waals surface area contributed by atoms with Gasteiger partial charge in [-0.15, -0.1) is 0 Å². The number of benzene rings is 1. The Kier molecular flexibility index (Phi) is 3.75. The molecule has 0 aliphatic carbocycles. The zero-order valence-corrected chi connectivity index (χ0v) is 14.0. The molecule has 1 atom stereocenters. The number of ether oxygens (including phenoxy) is 1. The number of aromatic nitrogens is 2. The number of cyclic esters (lactones) is 1. The molecule has 0 spiro atoms. The summed E-state index contributed by atoms with van der Waals surface area (Å²) in [4.78, 5) is 39.5.